The fourth-order valence-electron chi connectivity index (χ4n) is 3.89. The van der Waals surface area contributed by atoms with Gasteiger partial charge in [-0.25, -0.2) is 4.98 Å². The molecule has 0 saturated carbocycles. The molecule has 0 spiro atoms. The van der Waals surface area contributed by atoms with Crippen molar-refractivity contribution in [2.24, 2.45) is 7.05 Å². The predicted octanol–water partition coefficient (Wildman–Crippen LogP) is 5.31. The predicted molar refractivity (Wildman–Crippen MR) is 129 cm³/mol. The van der Waals surface area contributed by atoms with Crippen LogP contribution in [0.5, 0.6) is 0 Å². The Morgan fingerprint density at radius 1 is 1.09 bits per heavy atom. The van der Waals surface area contributed by atoms with Crippen molar-refractivity contribution < 1.29 is 4.42 Å². The number of aromatic nitrogens is 2. The molecule has 0 aliphatic carbocycles. The molecule has 0 amide bonds. The molecule has 0 saturated heterocycles. The Hall–Kier alpha value is -3.38. The lowest BCUT2D eigenvalue weighted by atomic mass is 9.99. The second-order valence-corrected chi connectivity index (χ2v) is 8.50. The van der Waals surface area contributed by atoms with Crippen LogP contribution in [0.4, 0.5) is 5.69 Å². The molecular formula is C25H24ClN3O3. The molecule has 1 N–H and O–H groups in total. The maximum atomic E-state index is 13.3. The van der Waals surface area contributed by atoms with Gasteiger partial charge in [0.2, 0.25) is 5.56 Å². The molecule has 3 heterocycles. The van der Waals surface area contributed by atoms with Gasteiger partial charge in [-0.2, -0.15) is 0 Å². The summed E-state index contributed by atoms with van der Waals surface area (Å²) in [6, 6.07) is 10.5. The number of fused-ring (bicyclic) bond motifs is 1. The van der Waals surface area contributed by atoms with Crippen LogP contribution in [-0.4, -0.2) is 9.55 Å². The number of anilines is 1. The number of aryl methyl sites for hydroxylation is 3. The average Bonchev–Trinajstić information content (AvgIpc) is 2.74. The molecule has 6 nitrogen and oxygen atoms in total. The highest BCUT2D eigenvalue weighted by Gasteiger charge is 2.19. The van der Waals surface area contributed by atoms with E-state index in [0.717, 1.165) is 22.5 Å². The minimum Gasteiger partial charge on any atom is -0.455 e. The van der Waals surface area contributed by atoms with Crippen LogP contribution < -0.4 is 16.3 Å². The highest BCUT2D eigenvalue weighted by molar-refractivity contribution is 6.29. The summed E-state index contributed by atoms with van der Waals surface area (Å²) < 4.78 is 7.82. The van der Waals surface area contributed by atoms with E-state index in [0.29, 0.717) is 33.0 Å². The fourth-order valence-corrected chi connectivity index (χ4v) is 4.08. The maximum Gasteiger partial charge on any atom is 0.250 e. The van der Waals surface area contributed by atoms with Gasteiger partial charge >= 0.3 is 0 Å². The van der Waals surface area contributed by atoms with E-state index in [4.69, 9.17) is 16.0 Å². The van der Waals surface area contributed by atoms with Crippen LogP contribution in [0.2, 0.25) is 5.15 Å². The Morgan fingerprint density at radius 3 is 2.53 bits per heavy atom. The second-order valence-electron chi connectivity index (χ2n) is 8.12. The lowest BCUT2D eigenvalue weighted by molar-refractivity contribution is 0.604. The van der Waals surface area contributed by atoms with Gasteiger partial charge in [0.25, 0.3) is 0 Å². The van der Waals surface area contributed by atoms with Crippen molar-refractivity contribution in [2.75, 3.05) is 5.32 Å². The summed E-state index contributed by atoms with van der Waals surface area (Å²) in [5.41, 5.74) is 4.95. The molecular weight excluding hydrogens is 426 g/mol. The van der Waals surface area contributed by atoms with Crippen molar-refractivity contribution in [3.63, 3.8) is 0 Å². The van der Waals surface area contributed by atoms with Crippen molar-refractivity contribution in [3.05, 3.63) is 90.7 Å². The van der Waals surface area contributed by atoms with Gasteiger partial charge in [-0.1, -0.05) is 17.7 Å². The van der Waals surface area contributed by atoms with Gasteiger partial charge in [0, 0.05) is 36.0 Å². The molecule has 32 heavy (non-hydrogen) atoms. The number of rotatable bonds is 4. The van der Waals surface area contributed by atoms with Gasteiger partial charge < -0.3 is 14.3 Å². The summed E-state index contributed by atoms with van der Waals surface area (Å²) >= 11 is 5.99. The monoisotopic (exact) mass is 449 g/mol. The third-order valence-corrected chi connectivity index (χ3v) is 5.84. The molecule has 0 radical (unpaired) electrons. The SMILES string of the molecule is Cc1cc([C@@H](C)Nc2ccc(Cl)nc2C)c2oc(-c3ccc(=O)n(C)c3)c(C)c(=O)c2c1. The summed E-state index contributed by atoms with van der Waals surface area (Å²) in [6.07, 6.45) is 1.68. The quantitative estimate of drug-likeness (QED) is 0.427. The van der Waals surface area contributed by atoms with Crippen LogP contribution in [-0.2, 0) is 7.05 Å². The van der Waals surface area contributed by atoms with Crippen molar-refractivity contribution in [2.45, 2.75) is 33.7 Å². The van der Waals surface area contributed by atoms with Gasteiger partial charge in [-0.15, -0.1) is 0 Å². The number of hydrogen-bond acceptors (Lipinski definition) is 5. The molecule has 0 bridgehead atoms. The van der Waals surface area contributed by atoms with Crippen molar-refractivity contribution in [3.8, 4) is 11.3 Å². The van der Waals surface area contributed by atoms with Crippen LogP contribution >= 0.6 is 11.6 Å². The van der Waals surface area contributed by atoms with Crippen molar-refractivity contribution in [1.29, 1.82) is 0 Å². The number of nitrogens with zero attached hydrogens (tertiary/aromatic N) is 2. The zero-order valence-corrected chi connectivity index (χ0v) is 19.4. The highest BCUT2D eigenvalue weighted by atomic mass is 35.5. The molecule has 7 heteroatoms. The Kier molecular flexibility index (Phi) is 5.65. The van der Waals surface area contributed by atoms with Crippen LogP contribution in [0.25, 0.3) is 22.3 Å². The summed E-state index contributed by atoms with van der Waals surface area (Å²) in [4.78, 5) is 29.4. The van der Waals surface area contributed by atoms with Gasteiger partial charge in [-0.05, 0) is 57.5 Å². The Morgan fingerprint density at radius 2 is 1.84 bits per heavy atom. The largest absolute Gasteiger partial charge is 0.455 e. The van der Waals surface area contributed by atoms with Crippen LogP contribution in [0.15, 0.2) is 56.6 Å². The first kappa shape index (κ1) is 21.8. The first-order chi connectivity index (χ1) is 15.2. The second kappa shape index (κ2) is 8.28. The number of benzene rings is 1. The van der Waals surface area contributed by atoms with Crippen LogP contribution in [0, 0.1) is 20.8 Å². The zero-order chi connectivity index (χ0) is 23.2. The molecule has 1 aromatic carbocycles. The number of pyridine rings is 2. The van der Waals surface area contributed by atoms with Crippen LogP contribution in [0.3, 0.4) is 0 Å². The molecule has 4 rings (SSSR count). The summed E-state index contributed by atoms with van der Waals surface area (Å²) in [5.74, 6) is 0.458. The normalized spacial score (nSPS) is 12.2. The maximum absolute atomic E-state index is 13.3. The average molecular weight is 450 g/mol. The van der Waals surface area contributed by atoms with Gasteiger partial charge in [0.1, 0.15) is 16.5 Å². The standard InChI is InChI=1S/C25H24ClN3O3/c1-13-10-18(15(3)27-20-7-8-21(26)28-16(20)4)25-19(11-13)23(31)14(2)24(32-25)17-6-9-22(30)29(5)12-17/h6-12,15,27H,1-5H3/t15-/m1/s1. The Bertz CT molecular complexity index is 1470. The number of hydrogen-bond donors (Lipinski definition) is 1. The van der Waals surface area contributed by atoms with E-state index in [1.54, 1.807) is 32.3 Å². The van der Waals surface area contributed by atoms with E-state index in [1.807, 2.05) is 39.0 Å². The number of nitrogens with one attached hydrogen (secondary N) is 1. The third kappa shape index (κ3) is 3.94. The van der Waals surface area contributed by atoms with E-state index in [1.165, 1.54) is 10.6 Å². The van der Waals surface area contributed by atoms with Crippen molar-refractivity contribution in [1.82, 2.24) is 9.55 Å². The molecule has 1 atom stereocenters. The molecule has 3 aromatic heterocycles. The molecule has 0 aliphatic heterocycles. The van der Waals surface area contributed by atoms with Gasteiger partial charge in [0.15, 0.2) is 5.43 Å². The Labute approximate surface area is 190 Å². The zero-order valence-electron chi connectivity index (χ0n) is 18.6. The van der Waals surface area contributed by atoms with E-state index in [9.17, 15) is 9.59 Å². The molecule has 0 unspecified atom stereocenters. The van der Waals surface area contributed by atoms with E-state index < -0.39 is 0 Å². The number of halogens is 1. The lowest BCUT2D eigenvalue weighted by Crippen LogP contribution is -2.15. The molecule has 0 aliphatic rings. The first-order valence-corrected chi connectivity index (χ1v) is 10.7. The summed E-state index contributed by atoms with van der Waals surface area (Å²) in [7, 11) is 1.67. The lowest BCUT2D eigenvalue weighted by Gasteiger charge is -2.19. The van der Waals surface area contributed by atoms with Gasteiger partial charge in [-0.3, -0.25) is 9.59 Å². The fraction of sp³-hybridized carbons (Fsp3) is 0.240. The molecule has 164 valence electrons. The Balaban J connectivity index is 1.90. The minimum atomic E-state index is -0.169. The summed E-state index contributed by atoms with van der Waals surface area (Å²) in [5, 5.41) is 4.42. The molecule has 4 aromatic rings. The smallest absolute Gasteiger partial charge is 0.250 e. The van der Waals surface area contributed by atoms with Crippen molar-refractivity contribution >= 4 is 28.3 Å². The highest BCUT2D eigenvalue weighted by Crippen LogP contribution is 2.32. The van der Waals surface area contributed by atoms with E-state index in [2.05, 4.69) is 10.3 Å². The first-order valence-electron chi connectivity index (χ1n) is 10.3. The molecule has 0 fully saturated rings. The summed E-state index contributed by atoms with van der Waals surface area (Å²) in [6.45, 7) is 7.60. The third-order valence-electron chi connectivity index (χ3n) is 5.63. The van der Waals surface area contributed by atoms with E-state index in [-0.39, 0.29) is 17.0 Å². The van der Waals surface area contributed by atoms with Gasteiger partial charge in [0.05, 0.1) is 22.8 Å². The van der Waals surface area contributed by atoms with Crippen LogP contribution in [0.1, 0.15) is 35.3 Å². The minimum absolute atomic E-state index is 0.0865. The topological polar surface area (TPSA) is 77.1 Å². The van der Waals surface area contributed by atoms with E-state index >= 15 is 0 Å².